The standard InChI is InChI=1S/C12H12BrN5O/c13-11-8(6-14)12-16-10(19)5-9(18(12)17-11)7-1-3-15-4-2-7/h5,7,15H,1-4H2,(H,16,19). The fourth-order valence-corrected chi connectivity index (χ4v) is 2.98. The first kappa shape index (κ1) is 12.4. The van der Waals surface area contributed by atoms with Crippen LogP contribution >= 0.6 is 15.9 Å². The minimum Gasteiger partial charge on any atom is -0.317 e. The lowest BCUT2D eigenvalue weighted by molar-refractivity contribution is 0.446. The van der Waals surface area contributed by atoms with Gasteiger partial charge in [-0.25, -0.2) is 4.52 Å². The normalized spacial score (nSPS) is 16.6. The van der Waals surface area contributed by atoms with Gasteiger partial charge in [0.25, 0.3) is 5.56 Å². The molecule has 0 amide bonds. The number of H-pyrrole nitrogens is 1. The Labute approximate surface area is 117 Å². The predicted octanol–water partition coefficient (Wildman–Crippen LogP) is 1.12. The summed E-state index contributed by atoms with van der Waals surface area (Å²) in [5, 5.41) is 16.8. The van der Waals surface area contributed by atoms with Gasteiger partial charge in [0.15, 0.2) is 5.65 Å². The van der Waals surface area contributed by atoms with Gasteiger partial charge in [0.1, 0.15) is 16.2 Å². The molecule has 0 bridgehead atoms. The molecule has 6 nitrogen and oxygen atoms in total. The molecule has 2 aromatic rings. The van der Waals surface area contributed by atoms with E-state index < -0.39 is 0 Å². The van der Waals surface area contributed by atoms with Crippen molar-refractivity contribution >= 4 is 21.6 Å². The summed E-state index contributed by atoms with van der Waals surface area (Å²) in [6, 6.07) is 3.65. The van der Waals surface area contributed by atoms with Crippen LogP contribution in [0, 0.1) is 11.3 Å². The van der Waals surface area contributed by atoms with Crippen LogP contribution in [0.1, 0.15) is 30.0 Å². The van der Waals surface area contributed by atoms with Crippen LogP contribution in [0.25, 0.3) is 5.65 Å². The zero-order chi connectivity index (χ0) is 13.4. The van der Waals surface area contributed by atoms with Crippen molar-refractivity contribution in [3.05, 3.63) is 32.3 Å². The van der Waals surface area contributed by atoms with Crippen molar-refractivity contribution in [3.8, 4) is 6.07 Å². The Morgan fingerprint density at radius 1 is 1.47 bits per heavy atom. The maximum Gasteiger partial charge on any atom is 0.251 e. The molecular weight excluding hydrogens is 310 g/mol. The fraction of sp³-hybridized carbons (Fsp3) is 0.417. The molecule has 98 valence electrons. The molecule has 1 saturated heterocycles. The molecule has 0 saturated carbocycles. The number of nitriles is 1. The van der Waals surface area contributed by atoms with Gasteiger partial charge in [0, 0.05) is 12.0 Å². The Morgan fingerprint density at radius 2 is 2.21 bits per heavy atom. The monoisotopic (exact) mass is 321 g/mol. The largest absolute Gasteiger partial charge is 0.317 e. The third-order valence-electron chi connectivity index (χ3n) is 3.48. The van der Waals surface area contributed by atoms with E-state index in [1.807, 2.05) is 0 Å². The molecule has 2 N–H and O–H groups in total. The van der Waals surface area contributed by atoms with Crippen LogP contribution in [-0.4, -0.2) is 27.7 Å². The molecule has 1 aliphatic heterocycles. The highest BCUT2D eigenvalue weighted by Crippen LogP contribution is 2.26. The number of aromatic amines is 1. The highest BCUT2D eigenvalue weighted by molar-refractivity contribution is 9.10. The Hall–Kier alpha value is -1.65. The number of hydrogen-bond donors (Lipinski definition) is 2. The van der Waals surface area contributed by atoms with E-state index in [0.717, 1.165) is 31.6 Å². The molecule has 0 radical (unpaired) electrons. The summed E-state index contributed by atoms with van der Waals surface area (Å²) in [5.41, 5.74) is 1.52. The van der Waals surface area contributed by atoms with Crippen LogP contribution in [0.4, 0.5) is 0 Å². The fourth-order valence-electron chi connectivity index (χ4n) is 2.55. The Kier molecular flexibility index (Phi) is 3.12. The zero-order valence-corrected chi connectivity index (χ0v) is 11.7. The van der Waals surface area contributed by atoms with Crippen LogP contribution in [0.5, 0.6) is 0 Å². The van der Waals surface area contributed by atoms with Crippen molar-refractivity contribution in [2.45, 2.75) is 18.8 Å². The number of hydrogen-bond acceptors (Lipinski definition) is 4. The second-order valence-electron chi connectivity index (χ2n) is 4.62. The second-order valence-corrected chi connectivity index (χ2v) is 5.37. The molecule has 0 aromatic carbocycles. The minimum absolute atomic E-state index is 0.190. The number of nitrogens with one attached hydrogen (secondary N) is 2. The lowest BCUT2D eigenvalue weighted by Crippen LogP contribution is -2.28. The van der Waals surface area contributed by atoms with E-state index in [9.17, 15) is 4.79 Å². The topological polar surface area (TPSA) is 86.0 Å². The molecule has 3 rings (SSSR count). The lowest BCUT2D eigenvalue weighted by atomic mass is 9.94. The van der Waals surface area contributed by atoms with Gasteiger partial charge in [-0.1, -0.05) is 0 Å². The number of halogens is 1. The Balaban J connectivity index is 2.24. The van der Waals surface area contributed by atoms with Gasteiger partial charge in [-0.15, -0.1) is 0 Å². The second kappa shape index (κ2) is 4.79. The smallest absolute Gasteiger partial charge is 0.251 e. The van der Waals surface area contributed by atoms with E-state index in [2.05, 4.69) is 37.4 Å². The van der Waals surface area contributed by atoms with E-state index in [1.165, 1.54) is 0 Å². The molecule has 0 aliphatic carbocycles. The minimum atomic E-state index is -0.190. The highest BCUT2D eigenvalue weighted by Gasteiger charge is 2.21. The van der Waals surface area contributed by atoms with Crippen molar-refractivity contribution in [1.29, 1.82) is 5.26 Å². The van der Waals surface area contributed by atoms with E-state index in [4.69, 9.17) is 5.26 Å². The summed E-state index contributed by atoms with van der Waals surface area (Å²) in [6.45, 7) is 1.87. The molecule has 1 aliphatic rings. The summed E-state index contributed by atoms with van der Waals surface area (Å²) in [5.74, 6) is 0.296. The summed E-state index contributed by atoms with van der Waals surface area (Å²) in [6.07, 6.45) is 1.94. The van der Waals surface area contributed by atoms with E-state index >= 15 is 0 Å². The molecule has 0 atom stereocenters. The highest BCUT2D eigenvalue weighted by atomic mass is 79.9. The van der Waals surface area contributed by atoms with Crippen molar-refractivity contribution < 1.29 is 0 Å². The Bertz CT molecular complexity index is 720. The summed E-state index contributed by atoms with van der Waals surface area (Å²) in [4.78, 5) is 14.5. The number of rotatable bonds is 1. The number of piperidine rings is 1. The predicted molar refractivity (Wildman–Crippen MR) is 73.1 cm³/mol. The maximum absolute atomic E-state index is 11.8. The number of nitrogens with zero attached hydrogens (tertiary/aromatic N) is 3. The lowest BCUT2D eigenvalue weighted by Gasteiger charge is -2.22. The number of fused-ring (bicyclic) bond motifs is 1. The first-order chi connectivity index (χ1) is 9.20. The summed E-state index contributed by atoms with van der Waals surface area (Å²) >= 11 is 3.26. The van der Waals surface area contributed by atoms with Gasteiger partial charge in [-0.3, -0.25) is 4.79 Å². The average molecular weight is 322 g/mol. The average Bonchev–Trinajstić information content (AvgIpc) is 2.74. The maximum atomic E-state index is 11.8. The molecule has 1 fully saturated rings. The van der Waals surface area contributed by atoms with Gasteiger partial charge < -0.3 is 10.3 Å². The quantitative estimate of drug-likeness (QED) is 0.824. The van der Waals surface area contributed by atoms with E-state index in [1.54, 1.807) is 10.6 Å². The summed E-state index contributed by atoms with van der Waals surface area (Å²) < 4.78 is 2.15. The molecule has 19 heavy (non-hydrogen) atoms. The molecule has 7 heteroatoms. The molecule has 0 unspecified atom stereocenters. The zero-order valence-electron chi connectivity index (χ0n) is 10.1. The van der Waals surface area contributed by atoms with Crippen LogP contribution in [-0.2, 0) is 0 Å². The van der Waals surface area contributed by atoms with E-state index in [0.29, 0.717) is 21.7 Å². The SMILES string of the molecule is N#Cc1c(Br)nn2c(C3CCNCC3)cc(=O)[nH]c12. The van der Waals surface area contributed by atoms with Crippen LogP contribution < -0.4 is 10.9 Å². The van der Waals surface area contributed by atoms with E-state index in [-0.39, 0.29) is 5.56 Å². The molecular formula is C12H12BrN5O. The van der Waals surface area contributed by atoms with Crippen LogP contribution in [0.3, 0.4) is 0 Å². The van der Waals surface area contributed by atoms with Gasteiger partial charge in [-0.2, -0.15) is 10.4 Å². The molecule has 0 spiro atoms. The van der Waals surface area contributed by atoms with Gasteiger partial charge in [-0.05, 0) is 41.9 Å². The Morgan fingerprint density at radius 3 is 2.89 bits per heavy atom. The van der Waals surface area contributed by atoms with Crippen molar-refractivity contribution in [3.63, 3.8) is 0 Å². The first-order valence-electron chi connectivity index (χ1n) is 6.13. The van der Waals surface area contributed by atoms with Crippen LogP contribution in [0.15, 0.2) is 15.5 Å². The third kappa shape index (κ3) is 2.07. The third-order valence-corrected chi connectivity index (χ3v) is 4.03. The molecule has 3 heterocycles. The van der Waals surface area contributed by atoms with Crippen LogP contribution in [0.2, 0.25) is 0 Å². The van der Waals surface area contributed by atoms with Crippen molar-refractivity contribution in [1.82, 2.24) is 19.9 Å². The van der Waals surface area contributed by atoms with Crippen molar-refractivity contribution in [2.24, 2.45) is 0 Å². The van der Waals surface area contributed by atoms with Gasteiger partial charge in [0.05, 0.1) is 5.69 Å². The van der Waals surface area contributed by atoms with Crippen molar-refractivity contribution in [2.75, 3.05) is 13.1 Å². The van der Waals surface area contributed by atoms with Gasteiger partial charge >= 0.3 is 0 Å². The molecule has 2 aromatic heterocycles. The first-order valence-corrected chi connectivity index (χ1v) is 6.92. The summed E-state index contributed by atoms with van der Waals surface area (Å²) in [7, 11) is 0. The van der Waals surface area contributed by atoms with Gasteiger partial charge in [0.2, 0.25) is 0 Å². The number of aromatic nitrogens is 3.